The van der Waals surface area contributed by atoms with Gasteiger partial charge in [0, 0.05) is 22.6 Å². The molecule has 1 saturated carbocycles. The first-order valence-corrected chi connectivity index (χ1v) is 10.9. The molecule has 1 aromatic carbocycles. The number of ether oxygens (including phenoxy) is 1. The molecular formula is C20H28BrNO2S. The smallest absolute Gasteiger partial charge is 0.145 e. The maximum absolute atomic E-state index is 12.8. The van der Waals surface area contributed by atoms with Gasteiger partial charge in [0.2, 0.25) is 0 Å². The molecule has 0 heterocycles. The van der Waals surface area contributed by atoms with Gasteiger partial charge in [-0.1, -0.05) is 28.9 Å². The Morgan fingerprint density at radius 2 is 2.08 bits per heavy atom. The van der Waals surface area contributed by atoms with Crippen molar-refractivity contribution in [2.75, 3.05) is 7.11 Å². The molecule has 5 heteroatoms. The first-order chi connectivity index (χ1) is 11.7. The van der Waals surface area contributed by atoms with Gasteiger partial charge in [-0.05, 0) is 70.1 Å². The molecule has 0 N–H and O–H groups in total. The van der Waals surface area contributed by atoms with Crippen molar-refractivity contribution in [3.8, 4) is 0 Å². The molecule has 4 atom stereocenters. The predicted octanol–water partition coefficient (Wildman–Crippen LogP) is 5.08. The Kier molecular flexibility index (Phi) is 5.31. The van der Waals surface area contributed by atoms with Gasteiger partial charge in [0.15, 0.2) is 0 Å². The van der Waals surface area contributed by atoms with Crippen molar-refractivity contribution in [2.45, 2.75) is 64.2 Å². The summed E-state index contributed by atoms with van der Waals surface area (Å²) in [5.74, 6) is 0.477. The second-order valence-electron chi connectivity index (χ2n) is 8.55. The Morgan fingerprint density at radius 1 is 1.36 bits per heavy atom. The average molecular weight is 426 g/mol. The molecule has 1 aromatic rings. The van der Waals surface area contributed by atoms with Crippen LogP contribution in [0.5, 0.6) is 0 Å². The zero-order valence-corrected chi connectivity index (χ0v) is 18.2. The first kappa shape index (κ1) is 19.2. The van der Waals surface area contributed by atoms with Crippen LogP contribution in [-0.2, 0) is 22.1 Å². The van der Waals surface area contributed by atoms with E-state index in [0.29, 0.717) is 12.0 Å². The van der Waals surface area contributed by atoms with Crippen molar-refractivity contribution < 1.29 is 8.95 Å². The molecule has 0 saturated heterocycles. The van der Waals surface area contributed by atoms with E-state index in [4.69, 9.17) is 9.13 Å². The van der Waals surface area contributed by atoms with Gasteiger partial charge in [-0.15, -0.1) is 0 Å². The molecule has 3 nitrogen and oxygen atoms in total. The Bertz CT molecular complexity index is 725. The van der Waals surface area contributed by atoms with Crippen LogP contribution < -0.4 is 0 Å². The largest absolute Gasteiger partial charge is 0.381 e. The number of fused-ring (bicyclic) bond motifs is 1. The predicted molar refractivity (Wildman–Crippen MR) is 109 cm³/mol. The Hall–Kier alpha value is -0.520. The minimum atomic E-state index is -1.25. The molecule has 25 heavy (non-hydrogen) atoms. The molecule has 2 aliphatic carbocycles. The molecule has 0 aromatic heterocycles. The van der Waals surface area contributed by atoms with E-state index in [-0.39, 0.29) is 10.2 Å². The molecule has 0 amide bonds. The van der Waals surface area contributed by atoms with E-state index >= 15 is 0 Å². The highest BCUT2D eigenvalue weighted by atomic mass is 79.9. The van der Waals surface area contributed by atoms with E-state index in [1.54, 1.807) is 0 Å². The van der Waals surface area contributed by atoms with Gasteiger partial charge in [-0.2, -0.15) is 4.40 Å². The summed E-state index contributed by atoms with van der Waals surface area (Å²) in [5.41, 5.74) is 3.56. The van der Waals surface area contributed by atoms with Gasteiger partial charge in [0.1, 0.15) is 11.0 Å². The minimum Gasteiger partial charge on any atom is -0.381 e. The van der Waals surface area contributed by atoms with Crippen LogP contribution >= 0.6 is 15.9 Å². The zero-order valence-electron chi connectivity index (χ0n) is 15.8. The molecular weight excluding hydrogens is 398 g/mol. The van der Waals surface area contributed by atoms with Crippen LogP contribution in [0.2, 0.25) is 0 Å². The third-order valence-electron chi connectivity index (χ3n) is 5.61. The monoisotopic (exact) mass is 425 g/mol. The lowest BCUT2D eigenvalue weighted by molar-refractivity contribution is 0.00486. The van der Waals surface area contributed by atoms with Crippen molar-refractivity contribution in [1.82, 2.24) is 0 Å². The number of hydrogen-bond acceptors (Lipinski definition) is 2. The normalized spacial score (nSPS) is 32.2. The van der Waals surface area contributed by atoms with E-state index in [0.717, 1.165) is 35.9 Å². The molecule has 0 radical (unpaired) electrons. The summed E-state index contributed by atoms with van der Waals surface area (Å²) in [6.45, 7) is 8.23. The summed E-state index contributed by atoms with van der Waals surface area (Å²) in [4.78, 5) is 0. The summed E-state index contributed by atoms with van der Waals surface area (Å²) in [6.07, 6.45) is 4.43. The number of benzene rings is 1. The van der Waals surface area contributed by atoms with Crippen LogP contribution in [0.3, 0.4) is 0 Å². The van der Waals surface area contributed by atoms with Gasteiger partial charge < -0.3 is 4.74 Å². The number of nitrogens with zero attached hydrogens (tertiary/aromatic N) is 1. The highest BCUT2D eigenvalue weighted by Crippen LogP contribution is 2.50. The summed E-state index contributed by atoms with van der Waals surface area (Å²) >= 11 is 3.59. The Labute approximate surface area is 162 Å². The SMILES string of the molecule is CO[C@@H]1CC[C@]2(Cc3ccc(Br)cc3C2=N[S@@](=O)C(C)(C)C)C[C@H]1C. The van der Waals surface area contributed by atoms with Gasteiger partial charge in [0.05, 0.1) is 16.6 Å². The molecule has 1 spiro atoms. The second-order valence-corrected chi connectivity index (χ2v) is 11.4. The Morgan fingerprint density at radius 3 is 2.68 bits per heavy atom. The molecule has 0 bridgehead atoms. The van der Waals surface area contributed by atoms with Crippen LogP contribution in [0.25, 0.3) is 0 Å². The van der Waals surface area contributed by atoms with Crippen LogP contribution in [-0.4, -0.2) is 27.9 Å². The Balaban J connectivity index is 2.07. The van der Waals surface area contributed by atoms with E-state index in [2.05, 4.69) is 41.1 Å². The number of hydrogen-bond donors (Lipinski definition) is 0. The standard InChI is InChI=1S/C20H28BrNO2S/c1-13-11-20(9-8-17(13)24-5)12-14-6-7-15(21)10-16(14)18(20)22-25(23)19(2,3)4/h6-7,10,13,17H,8-9,11-12H2,1-5H3/t13-,17-,20-,25+/m1/s1. The molecule has 0 unspecified atom stereocenters. The summed E-state index contributed by atoms with van der Waals surface area (Å²) in [6, 6.07) is 6.44. The van der Waals surface area contributed by atoms with E-state index in [9.17, 15) is 4.21 Å². The van der Waals surface area contributed by atoms with Gasteiger partial charge in [-0.3, -0.25) is 0 Å². The van der Waals surface area contributed by atoms with Crippen LogP contribution in [0.15, 0.2) is 27.1 Å². The summed E-state index contributed by atoms with van der Waals surface area (Å²) < 4.78 is 24.0. The topological polar surface area (TPSA) is 38.7 Å². The fourth-order valence-corrected chi connectivity index (χ4v) is 5.39. The average Bonchev–Trinajstić information content (AvgIpc) is 2.80. The first-order valence-electron chi connectivity index (χ1n) is 8.99. The van der Waals surface area contributed by atoms with Crippen molar-refractivity contribution in [3.05, 3.63) is 33.8 Å². The molecule has 1 fully saturated rings. The quantitative estimate of drug-likeness (QED) is 0.662. The summed E-state index contributed by atoms with van der Waals surface area (Å²) in [5, 5.41) is 0. The van der Waals surface area contributed by atoms with E-state index in [1.807, 2.05) is 27.9 Å². The lowest BCUT2D eigenvalue weighted by atomic mass is 9.66. The van der Waals surface area contributed by atoms with Crippen molar-refractivity contribution in [1.29, 1.82) is 0 Å². The number of halogens is 1. The van der Waals surface area contributed by atoms with Gasteiger partial charge >= 0.3 is 0 Å². The molecule has 3 rings (SSSR count). The van der Waals surface area contributed by atoms with Crippen molar-refractivity contribution >= 4 is 32.6 Å². The zero-order chi connectivity index (χ0) is 18.4. The van der Waals surface area contributed by atoms with Crippen molar-refractivity contribution in [3.63, 3.8) is 0 Å². The van der Waals surface area contributed by atoms with Gasteiger partial charge in [0.25, 0.3) is 0 Å². The lowest BCUT2D eigenvalue weighted by Crippen LogP contribution is -2.41. The van der Waals surface area contributed by atoms with Crippen LogP contribution in [0.1, 0.15) is 58.1 Å². The van der Waals surface area contributed by atoms with Crippen LogP contribution in [0, 0.1) is 11.3 Å². The molecule has 138 valence electrons. The van der Waals surface area contributed by atoms with Crippen LogP contribution in [0.4, 0.5) is 0 Å². The van der Waals surface area contributed by atoms with E-state index < -0.39 is 11.0 Å². The number of methoxy groups -OCH3 is 1. The lowest BCUT2D eigenvalue weighted by Gasteiger charge is -2.41. The van der Waals surface area contributed by atoms with Crippen molar-refractivity contribution in [2.24, 2.45) is 15.7 Å². The van der Waals surface area contributed by atoms with E-state index in [1.165, 1.54) is 11.1 Å². The minimum absolute atomic E-state index is 0.00150. The highest BCUT2D eigenvalue weighted by Gasteiger charge is 2.48. The highest BCUT2D eigenvalue weighted by molar-refractivity contribution is 9.10. The molecule has 0 aliphatic heterocycles. The third-order valence-corrected chi connectivity index (χ3v) is 7.50. The third kappa shape index (κ3) is 3.65. The maximum Gasteiger partial charge on any atom is 0.145 e. The number of rotatable bonds is 2. The fraction of sp³-hybridized carbons (Fsp3) is 0.650. The maximum atomic E-state index is 12.8. The molecule has 2 aliphatic rings. The second kappa shape index (κ2) is 6.90. The summed E-state index contributed by atoms with van der Waals surface area (Å²) in [7, 11) is 0.560. The van der Waals surface area contributed by atoms with Gasteiger partial charge in [-0.25, -0.2) is 4.21 Å². The fourth-order valence-electron chi connectivity index (χ4n) is 4.30.